The average Bonchev–Trinajstić information content (AvgIpc) is 2.76. The van der Waals surface area contributed by atoms with E-state index in [1.807, 2.05) is 19.4 Å². The van der Waals surface area contributed by atoms with Crippen LogP contribution in [0.5, 0.6) is 0 Å². The molecule has 0 amide bonds. The Labute approximate surface area is 105 Å². The molecule has 0 aliphatic rings. The van der Waals surface area contributed by atoms with Crippen molar-refractivity contribution in [2.45, 2.75) is 31.3 Å². The lowest BCUT2D eigenvalue weighted by molar-refractivity contribution is 0.268. The molecule has 1 heterocycles. The highest BCUT2D eigenvalue weighted by atomic mass is 32.2. The zero-order valence-electron chi connectivity index (χ0n) is 10.2. The molecule has 2 unspecified atom stereocenters. The summed E-state index contributed by atoms with van der Waals surface area (Å²) in [5, 5.41) is 29.2. The van der Waals surface area contributed by atoms with Crippen molar-refractivity contribution < 1.29 is 10.2 Å². The molecule has 0 spiro atoms. The second-order valence-corrected chi connectivity index (χ2v) is 4.90. The summed E-state index contributed by atoms with van der Waals surface area (Å²) in [6.07, 6.45) is 3.79. The fourth-order valence-corrected chi connectivity index (χ4v) is 2.12. The van der Waals surface area contributed by atoms with Gasteiger partial charge in [0.15, 0.2) is 0 Å². The maximum atomic E-state index is 9.15. The van der Waals surface area contributed by atoms with Crippen molar-refractivity contribution in [1.82, 2.24) is 20.3 Å². The third kappa shape index (κ3) is 4.63. The van der Waals surface area contributed by atoms with Crippen LogP contribution in [0.1, 0.15) is 12.6 Å². The minimum atomic E-state index is 0.0612. The summed E-state index contributed by atoms with van der Waals surface area (Å²) in [6.45, 7) is 3.34. The fraction of sp³-hybridized carbons (Fsp3) is 0.800. The van der Waals surface area contributed by atoms with Gasteiger partial charge in [-0.05, 0) is 13.2 Å². The Morgan fingerprint density at radius 3 is 2.88 bits per heavy atom. The van der Waals surface area contributed by atoms with Gasteiger partial charge in [0.25, 0.3) is 0 Å². The van der Waals surface area contributed by atoms with Crippen molar-refractivity contribution in [1.29, 1.82) is 0 Å². The van der Waals surface area contributed by atoms with E-state index in [0.29, 0.717) is 13.1 Å². The number of thioether (sulfide) groups is 1. The van der Waals surface area contributed by atoms with Gasteiger partial charge in [-0.3, -0.25) is 0 Å². The molecule has 1 aromatic rings. The molecule has 0 saturated carbocycles. The molecule has 0 aromatic carbocycles. The minimum Gasteiger partial charge on any atom is -0.395 e. The number of rotatable bonds is 8. The van der Waals surface area contributed by atoms with E-state index < -0.39 is 0 Å². The van der Waals surface area contributed by atoms with Gasteiger partial charge < -0.3 is 15.5 Å². The number of nitrogens with one attached hydrogen (secondary N) is 1. The second-order valence-electron chi connectivity index (χ2n) is 3.82. The highest BCUT2D eigenvalue weighted by Crippen LogP contribution is 2.10. The number of aromatic nitrogens is 3. The van der Waals surface area contributed by atoms with E-state index in [9.17, 15) is 0 Å². The molecule has 0 aliphatic carbocycles. The zero-order chi connectivity index (χ0) is 12.7. The summed E-state index contributed by atoms with van der Waals surface area (Å²) in [5.74, 6) is 0. The first-order chi connectivity index (χ1) is 8.21. The molecule has 0 bridgehead atoms. The lowest BCUT2D eigenvalue weighted by Crippen LogP contribution is -2.37. The molecule has 98 valence electrons. The summed E-state index contributed by atoms with van der Waals surface area (Å²) in [4.78, 5) is 0. The van der Waals surface area contributed by atoms with Crippen molar-refractivity contribution in [2.24, 2.45) is 0 Å². The van der Waals surface area contributed by atoms with E-state index in [-0.39, 0.29) is 24.5 Å². The van der Waals surface area contributed by atoms with Crippen LogP contribution in [0.2, 0.25) is 0 Å². The van der Waals surface area contributed by atoms with E-state index in [2.05, 4.69) is 15.6 Å². The van der Waals surface area contributed by atoms with Gasteiger partial charge >= 0.3 is 0 Å². The molecule has 0 saturated heterocycles. The third-order valence-corrected chi connectivity index (χ3v) is 3.72. The van der Waals surface area contributed by atoms with Gasteiger partial charge in [0.2, 0.25) is 0 Å². The largest absolute Gasteiger partial charge is 0.395 e. The highest BCUT2D eigenvalue weighted by molar-refractivity contribution is 7.99. The molecular formula is C10H20N4O2S. The van der Waals surface area contributed by atoms with Crippen LogP contribution in [-0.4, -0.2) is 56.0 Å². The minimum absolute atomic E-state index is 0.0612. The van der Waals surface area contributed by atoms with Crippen LogP contribution in [0.3, 0.4) is 0 Å². The van der Waals surface area contributed by atoms with Crippen LogP contribution in [0.15, 0.2) is 6.20 Å². The number of hydrogen-bond donors (Lipinski definition) is 3. The monoisotopic (exact) mass is 260 g/mol. The van der Waals surface area contributed by atoms with Crippen LogP contribution in [-0.2, 0) is 13.1 Å². The molecule has 17 heavy (non-hydrogen) atoms. The predicted molar refractivity (Wildman–Crippen MR) is 67.8 cm³/mol. The van der Waals surface area contributed by atoms with Crippen LogP contribution >= 0.6 is 11.8 Å². The summed E-state index contributed by atoms with van der Waals surface area (Å²) in [7, 11) is 0. The van der Waals surface area contributed by atoms with Gasteiger partial charge in [-0.1, -0.05) is 5.21 Å². The first-order valence-corrected chi connectivity index (χ1v) is 6.87. The SMILES string of the molecule is CSC(CO)C(C)NCc1cn(CCO)nn1. The number of aliphatic hydroxyl groups excluding tert-OH is 2. The highest BCUT2D eigenvalue weighted by Gasteiger charge is 2.14. The van der Waals surface area contributed by atoms with Crippen LogP contribution in [0, 0.1) is 0 Å². The van der Waals surface area contributed by atoms with Gasteiger partial charge in [-0.15, -0.1) is 5.10 Å². The van der Waals surface area contributed by atoms with Gasteiger partial charge in [0, 0.05) is 24.0 Å². The lowest BCUT2D eigenvalue weighted by atomic mass is 10.2. The van der Waals surface area contributed by atoms with E-state index in [1.165, 1.54) is 0 Å². The van der Waals surface area contributed by atoms with Crippen molar-refractivity contribution in [3.8, 4) is 0 Å². The maximum Gasteiger partial charge on any atom is 0.0964 e. The van der Waals surface area contributed by atoms with E-state index in [1.54, 1.807) is 16.4 Å². The molecule has 1 rings (SSSR count). The van der Waals surface area contributed by atoms with Crippen molar-refractivity contribution in [2.75, 3.05) is 19.5 Å². The quantitative estimate of drug-likeness (QED) is 0.583. The Balaban J connectivity index is 2.38. The van der Waals surface area contributed by atoms with E-state index >= 15 is 0 Å². The zero-order valence-corrected chi connectivity index (χ0v) is 11.0. The summed E-state index contributed by atoms with van der Waals surface area (Å²) in [6, 6.07) is 0.206. The summed E-state index contributed by atoms with van der Waals surface area (Å²) >= 11 is 1.64. The van der Waals surface area contributed by atoms with Crippen molar-refractivity contribution in [3.63, 3.8) is 0 Å². The predicted octanol–water partition coefficient (Wildman–Crippen LogP) is -0.528. The van der Waals surface area contributed by atoms with Crippen molar-refractivity contribution in [3.05, 3.63) is 11.9 Å². The van der Waals surface area contributed by atoms with Gasteiger partial charge in [0.05, 0.1) is 25.5 Å². The number of hydrogen-bond acceptors (Lipinski definition) is 6. The Hall–Kier alpha value is -0.630. The maximum absolute atomic E-state index is 9.15. The molecule has 0 aliphatic heterocycles. The Morgan fingerprint density at radius 1 is 1.53 bits per heavy atom. The topological polar surface area (TPSA) is 83.2 Å². The summed E-state index contributed by atoms with van der Waals surface area (Å²) in [5.41, 5.74) is 0.836. The van der Waals surface area contributed by atoms with E-state index in [4.69, 9.17) is 10.2 Å². The molecule has 7 heteroatoms. The van der Waals surface area contributed by atoms with Gasteiger partial charge in [-0.25, -0.2) is 4.68 Å². The van der Waals surface area contributed by atoms with Crippen molar-refractivity contribution >= 4 is 11.8 Å². The fourth-order valence-electron chi connectivity index (χ4n) is 1.47. The molecule has 0 radical (unpaired) electrons. The Bertz CT molecular complexity index is 317. The smallest absolute Gasteiger partial charge is 0.0964 e. The number of aliphatic hydroxyl groups is 2. The van der Waals surface area contributed by atoms with Gasteiger partial charge in [-0.2, -0.15) is 11.8 Å². The Kier molecular flexibility index (Phi) is 6.49. The first kappa shape index (κ1) is 14.4. The molecule has 2 atom stereocenters. The normalized spacial score (nSPS) is 14.8. The van der Waals surface area contributed by atoms with Crippen LogP contribution < -0.4 is 5.32 Å². The molecule has 1 aromatic heterocycles. The number of nitrogens with zero attached hydrogens (tertiary/aromatic N) is 3. The average molecular weight is 260 g/mol. The third-order valence-electron chi connectivity index (χ3n) is 2.56. The Morgan fingerprint density at radius 2 is 2.29 bits per heavy atom. The first-order valence-electron chi connectivity index (χ1n) is 5.58. The lowest BCUT2D eigenvalue weighted by Gasteiger charge is -2.20. The van der Waals surface area contributed by atoms with Gasteiger partial charge in [0.1, 0.15) is 0 Å². The van der Waals surface area contributed by atoms with Crippen LogP contribution in [0.25, 0.3) is 0 Å². The molecule has 6 nitrogen and oxygen atoms in total. The standard InChI is InChI=1S/C10H20N4O2S/c1-8(10(7-16)17-2)11-5-9-6-14(3-4-15)13-12-9/h6,8,10-11,15-16H,3-5,7H2,1-2H3. The van der Waals surface area contributed by atoms with Crippen LogP contribution in [0.4, 0.5) is 0 Å². The molecule has 3 N–H and O–H groups in total. The molecule has 0 fully saturated rings. The second kappa shape index (κ2) is 7.65. The van der Waals surface area contributed by atoms with E-state index in [0.717, 1.165) is 5.69 Å². The summed E-state index contributed by atoms with van der Waals surface area (Å²) < 4.78 is 1.61. The molecular weight excluding hydrogens is 240 g/mol.